The van der Waals surface area contributed by atoms with Crippen molar-refractivity contribution >= 4 is 23.2 Å². The van der Waals surface area contributed by atoms with Crippen LogP contribution >= 0.6 is 0 Å². The standard InChI is InChI=1S/C19H19N5O2/c1-23-19(24-10-2-3-11-24)16(12-20-23)18(26)22-15-8-6-14(7-9-15)21-17(25)13-4-5-13/h2-3,6-13H,4-5H2,1H3,(H,21,25)(H,22,26). The van der Waals surface area contributed by atoms with E-state index in [1.807, 2.05) is 29.1 Å². The van der Waals surface area contributed by atoms with Crippen molar-refractivity contribution in [2.75, 3.05) is 10.6 Å². The van der Waals surface area contributed by atoms with E-state index in [1.54, 1.807) is 42.2 Å². The first-order valence-electron chi connectivity index (χ1n) is 8.49. The van der Waals surface area contributed by atoms with E-state index >= 15 is 0 Å². The number of aryl methyl sites for hydroxylation is 1. The summed E-state index contributed by atoms with van der Waals surface area (Å²) in [6.07, 6.45) is 7.22. The monoisotopic (exact) mass is 349 g/mol. The number of carbonyl (C=O) groups is 2. The lowest BCUT2D eigenvalue weighted by Gasteiger charge is -2.09. The van der Waals surface area contributed by atoms with Crippen LogP contribution in [0.3, 0.4) is 0 Å². The molecule has 7 nitrogen and oxygen atoms in total. The second kappa shape index (κ2) is 6.51. The number of anilines is 2. The molecule has 0 saturated heterocycles. The van der Waals surface area contributed by atoms with Gasteiger partial charge in [0.1, 0.15) is 11.4 Å². The van der Waals surface area contributed by atoms with Gasteiger partial charge in [0.15, 0.2) is 0 Å². The summed E-state index contributed by atoms with van der Waals surface area (Å²) in [7, 11) is 1.80. The third kappa shape index (κ3) is 3.23. The third-order valence-corrected chi connectivity index (χ3v) is 4.36. The van der Waals surface area contributed by atoms with E-state index in [4.69, 9.17) is 0 Å². The van der Waals surface area contributed by atoms with Gasteiger partial charge in [0, 0.05) is 36.7 Å². The van der Waals surface area contributed by atoms with Gasteiger partial charge in [-0.15, -0.1) is 0 Å². The normalized spacial score (nSPS) is 13.4. The van der Waals surface area contributed by atoms with Crippen molar-refractivity contribution in [3.05, 3.63) is 60.6 Å². The summed E-state index contributed by atoms with van der Waals surface area (Å²) in [6.45, 7) is 0. The van der Waals surface area contributed by atoms with Crippen molar-refractivity contribution in [2.24, 2.45) is 13.0 Å². The summed E-state index contributed by atoms with van der Waals surface area (Å²) < 4.78 is 3.50. The molecule has 0 radical (unpaired) electrons. The number of hydrogen-bond acceptors (Lipinski definition) is 3. The maximum absolute atomic E-state index is 12.7. The van der Waals surface area contributed by atoms with Crippen LogP contribution in [0, 0.1) is 5.92 Å². The van der Waals surface area contributed by atoms with Gasteiger partial charge in [-0.2, -0.15) is 5.10 Å². The number of amides is 2. The van der Waals surface area contributed by atoms with Gasteiger partial charge in [0.25, 0.3) is 5.91 Å². The Bertz CT molecular complexity index is 937. The molecule has 3 aromatic rings. The van der Waals surface area contributed by atoms with Crippen LogP contribution in [0.15, 0.2) is 55.0 Å². The van der Waals surface area contributed by atoms with Crippen LogP contribution < -0.4 is 10.6 Å². The summed E-state index contributed by atoms with van der Waals surface area (Å²) in [4.78, 5) is 24.4. The fourth-order valence-electron chi connectivity index (χ4n) is 2.80. The van der Waals surface area contributed by atoms with Crippen molar-refractivity contribution in [1.82, 2.24) is 14.3 Å². The maximum atomic E-state index is 12.7. The molecule has 132 valence electrons. The number of carbonyl (C=O) groups excluding carboxylic acids is 2. The highest BCUT2D eigenvalue weighted by molar-refractivity contribution is 6.06. The Kier molecular flexibility index (Phi) is 4.04. The molecular formula is C19H19N5O2. The summed E-state index contributed by atoms with van der Waals surface area (Å²) in [6, 6.07) is 10.9. The van der Waals surface area contributed by atoms with Gasteiger partial charge < -0.3 is 15.2 Å². The highest BCUT2D eigenvalue weighted by Crippen LogP contribution is 2.30. The Morgan fingerprint density at radius 2 is 1.65 bits per heavy atom. The van der Waals surface area contributed by atoms with E-state index in [9.17, 15) is 9.59 Å². The Morgan fingerprint density at radius 1 is 1.04 bits per heavy atom. The first-order chi connectivity index (χ1) is 12.6. The van der Waals surface area contributed by atoms with Crippen molar-refractivity contribution in [1.29, 1.82) is 0 Å². The number of nitrogens with one attached hydrogen (secondary N) is 2. The molecule has 1 aliphatic rings. The van der Waals surface area contributed by atoms with Gasteiger partial charge in [0.2, 0.25) is 5.91 Å². The Morgan fingerprint density at radius 3 is 2.27 bits per heavy atom. The van der Waals surface area contributed by atoms with Crippen LogP contribution in [0.2, 0.25) is 0 Å². The molecule has 0 atom stereocenters. The quantitative estimate of drug-likeness (QED) is 0.743. The van der Waals surface area contributed by atoms with Crippen LogP contribution in [-0.2, 0) is 11.8 Å². The summed E-state index contributed by atoms with van der Waals surface area (Å²) >= 11 is 0. The molecule has 4 rings (SSSR count). The van der Waals surface area contributed by atoms with E-state index in [-0.39, 0.29) is 17.7 Å². The van der Waals surface area contributed by atoms with Gasteiger partial charge in [-0.1, -0.05) is 0 Å². The Hall–Kier alpha value is -3.35. The zero-order chi connectivity index (χ0) is 18.1. The molecule has 0 unspecified atom stereocenters. The molecule has 26 heavy (non-hydrogen) atoms. The molecule has 0 aliphatic heterocycles. The van der Waals surface area contributed by atoms with Gasteiger partial charge in [-0.05, 0) is 49.2 Å². The largest absolute Gasteiger partial charge is 0.326 e. The maximum Gasteiger partial charge on any atom is 0.261 e. The first kappa shape index (κ1) is 16.1. The SMILES string of the molecule is Cn1ncc(C(=O)Nc2ccc(NC(=O)C3CC3)cc2)c1-n1cccc1. The van der Waals surface area contributed by atoms with Crippen LogP contribution in [-0.4, -0.2) is 26.2 Å². The fraction of sp³-hybridized carbons (Fsp3) is 0.211. The predicted molar refractivity (Wildman–Crippen MR) is 98.3 cm³/mol. The van der Waals surface area contributed by atoms with Crippen LogP contribution in [0.4, 0.5) is 11.4 Å². The summed E-state index contributed by atoms with van der Waals surface area (Å²) in [5.41, 5.74) is 1.87. The molecule has 2 N–H and O–H groups in total. The second-order valence-corrected chi connectivity index (χ2v) is 6.39. The predicted octanol–water partition coefficient (Wildman–Crippen LogP) is 2.81. The molecule has 1 saturated carbocycles. The number of nitrogens with zero attached hydrogens (tertiary/aromatic N) is 3. The molecule has 2 amide bonds. The van der Waals surface area contributed by atoms with Crippen LogP contribution in [0.5, 0.6) is 0 Å². The second-order valence-electron chi connectivity index (χ2n) is 6.39. The van der Waals surface area contributed by atoms with E-state index in [0.29, 0.717) is 17.1 Å². The van der Waals surface area contributed by atoms with Gasteiger partial charge in [-0.3, -0.25) is 14.3 Å². The third-order valence-electron chi connectivity index (χ3n) is 4.36. The number of benzene rings is 1. The first-order valence-corrected chi connectivity index (χ1v) is 8.49. The summed E-state index contributed by atoms with van der Waals surface area (Å²) in [5, 5.41) is 9.94. The lowest BCUT2D eigenvalue weighted by atomic mass is 10.2. The average Bonchev–Trinajstić information content (AvgIpc) is 3.22. The number of rotatable bonds is 5. The molecule has 2 heterocycles. The lowest BCUT2D eigenvalue weighted by molar-refractivity contribution is -0.117. The van der Waals surface area contributed by atoms with E-state index < -0.39 is 0 Å². The zero-order valence-electron chi connectivity index (χ0n) is 14.3. The lowest BCUT2D eigenvalue weighted by Crippen LogP contribution is -2.15. The molecule has 1 aliphatic carbocycles. The number of hydrogen-bond donors (Lipinski definition) is 2. The molecule has 7 heteroatoms. The fourth-order valence-corrected chi connectivity index (χ4v) is 2.80. The van der Waals surface area contributed by atoms with E-state index in [1.165, 1.54) is 0 Å². The smallest absolute Gasteiger partial charge is 0.261 e. The molecular weight excluding hydrogens is 330 g/mol. The molecule has 0 bridgehead atoms. The molecule has 2 aromatic heterocycles. The number of aromatic nitrogens is 3. The Labute approximate surface area is 150 Å². The minimum atomic E-state index is -0.239. The molecule has 1 aromatic carbocycles. The average molecular weight is 349 g/mol. The minimum Gasteiger partial charge on any atom is -0.326 e. The van der Waals surface area contributed by atoms with E-state index in [0.717, 1.165) is 18.5 Å². The van der Waals surface area contributed by atoms with Gasteiger partial charge in [-0.25, -0.2) is 0 Å². The topological polar surface area (TPSA) is 81.0 Å². The zero-order valence-corrected chi connectivity index (χ0v) is 14.3. The highest BCUT2D eigenvalue weighted by atomic mass is 16.2. The van der Waals surface area contributed by atoms with Crippen molar-refractivity contribution in [3.8, 4) is 5.82 Å². The summed E-state index contributed by atoms with van der Waals surface area (Å²) in [5.74, 6) is 0.679. The van der Waals surface area contributed by atoms with E-state index in [2.05, 4.69) is 15.7 Å². The van der Waals surface area contributed by atoms with Crippen molar-refractivity contribution < 1.29 is 9.59 Å². The van der Waals surface area contributed by atoms with Crippen molar-refractivity contribution in [2.45, 2.75) is 12.8 Å². The minimum absolute atomic E-state index is 0.0634. The van der Waals surface area contributed by atoms with Crippen LogP contribution in [0.1, 0.15) is 23.2 Å². The van der Waals surface area contributed by atoms with Crippen molar-refractivity contribution in [3.63, 3.8) is 0 Å². The Balaban J connectivity index is 1.48. The van der Waals surface area contributed by atoms with Crippen LogP contribution in [0.25, 0.3) is 5.82 Å². The van der Waals surface area contributed by atoms with Gasteiger partial charge in [0.05, 0.1) is 6.20 Å². The molecule has 0 spiro atoms. The highest BCUT2D eigenvalue weighted by Gasteiger charge is 2.29. The van der Waals surface area contributed by atoms with Gasteiger partial charge >= 0.3 is 0 Å². The molecule has 1 fully saturated rings.